The second-order valence-corrected chi connectivity index (χ2v) is 6.50. The number of pyridine rings is 1. The van der Waals surface area contributed by atoms with Crippen LogP contribution in [0.1, 0.15) is 47.9 Å². The summed E-state index contributed by atoms with van der Waals surface area (Å²) >= 11 is 0. The van der Waals surface area contributed by atoms with Crippen LogP contribution in [0.2, 0.25) is 0 Å². The Hall–Kier alpha value is -3.09. The van der Waals surface area contributed by atoms with Crippen LogP contribution in [0.25, 0.3) is 11.3 Å². The van der Waals surface area contributed by atoms with E-state index in [9.17, 15) is 9.18 Å². The van der Waals surface area contributed by atoms with E-state index in [2.05, 4.69) is 15.1 Å². The monoisotopic (exact) mass is 366 g/mol. The number of hydrogen-bond donors (Lipinski definition) is 0. The van der Waals surface area contributed by atoms with Crippen LogP contribution in [0.3, 0.4) is 0 Å². The third kappa shape index (κ3) is 3.45. The van der Waals surface area contributed by atoms with Gasteiger partial charge >= 0.3 is 0 Å². The second kappa shape index (κ2) is 7.26. The van der Waals surface area contributed by atoms with Gasteiger partial charge in [-0.25, -0.2) is 4.39 Å². The molecule has 1 aliphatic rings. The number of hydrogen-bond acceptors (Lipinski definition) is 5. The summed E-state index contributed by atoms with van der Waals surface area (Å²) in [4.78, 5) is 23.4. The van der Waals surface area contributed by atoms with E-state index in [-0.39, 0.29) is 17.8 Å². The van der Waals surface area contributed by atoms with Gasteiger partial charge in [-0.3, -0.25) is 9.78 Å². The van der Waals surface area contributed by atoms with Crippen LogP contribution in [0, 0.1) is 5.82 Å². The van der Waals surface area contributed by atoms with Crippen molar-refractivity contribution in [2.75, 3.05) is 6.54 Å². The first-order valence-electron chi connectivity index (χ1n) is 9.01. The molecule has 2 aromatic heterocycles. The summed E-state index contributed by atoms with van der Waals surface area (Å²) in [6.45, 7) is 2.59. The summed E-state index contributed by atoms with van der Waals surface area (Å²) in [5.74, 6) is 0.694. The molecule has 1 fully saturated rings. The van der Waals surface area contributed by atoms with Crippen molar-refractivity contribution in [1.82, 2.24) is 20.0 Å². The smallest absolute Gasteiger partial charge is 0.256 e. The Morgan fingerprint density at radius 1 is 1.33 bits per heavy atom. The van der Waals surface area contributed by atoms with E-state index in [1.807, 2.05) is 6.92 Å². The van der Waals surface area contributed by atoms with Crippen LogP contribution < -0.4 is 0 Å². The molecule has 1 unspecified atom stereocenters. The molecule has 7 heteroatoms. The van der Waals surface area contributed by atoms with E-state index in [4.69, 9.17) is 4.52 Å². The number of rotatable bonds is 4. The normalized spacial score (nSPS) is 16.7. The molecule has 3 heterocycles. The molecular weight excluding hydrogens is 347 g/mol. The maximum Gasteiger partial charge on any atom is 0.256 e. The van der Waals surface area contributed by atoms with Crippen LogP contribution >= 0.6 is 0 Å². The molecule has 1 saturated heterocycles. The van der Waals surface area contributed by atoms with E-state index >= 15 is 0 Å². The van der Waals surface area contributed by atoms with E-state index in [0.29, 0.717) is 41.5 Å². The highest BCUT2D eigenvalue weighted by Crippen LogP contribution is 2.32. The summed E-state index contributed by atoms with van der Waals surface area (Å²) in [5.41, 5.74) is 1.77. The van der Waals surface area contributed by atoms with E-state index < -0.39 is 0 Å². The number of amides is 1. The largest absolute Gasteiger partial charge is 0.337 e. The van der Waals surface area contributed by atoms with Gasteiger partial charge in [0.05, 0.1) is 11.3 Å². The molecule has 3 aromatic rings. The first-order valence-corrected chi connectivity index (χ1v) is 9.01. The van der Waals surface area contributed by atoms with Gasteiger partial charge in [-0.2, -0.15) is 4.98 Å². The molecule has 0 radical (unpaired) electrons. The molecule has 6 nitrogen and oxygen atoms in total. The molecule has 0 N–H and O–H groups in total. The Morgan fingerprint density at radius 2 is 2.22 bits per heavy atom. The summed E-state index contributed by atoms with van der Waals surface area (Å²) < 4.78 is 18.7. The fourth-order valence-corrected chi connectivity index (χ4v) is 3.32. The fraction of sp³-hybridized carbons (Fsp3) is 0.300. The molecule has 138 valence electrons. The van der Waals surface area contributed by atoms with Crippen LogP contribution in [0.5, 0.6) is 0 Å². The van der Waals surface area contributed by atoms with Gasteiger partial charge in [0.25, 0.3) is 5.91 Å². The number of aryl methyl sites for hydroxylation is 1. The summed E-state index contributed by atoms with van der Waals surface area (Å²) in [7, 11) is 0. The molecule has 1 aliphatic heterocycles. The first kappa shape index (κ1) is 17.3. The van der Waals surface area contributed by atoms with Crippen LogP contribution in [-0.2, 0) is 6.42 Å². The predicted octanol–water partition coefficient (Wildman–Crippen LogP) is 3.81. The van der Waals surface area contributed by atoms with Crippen LogP contribution in [0.15, 0.2) is 47.1 Å². The van der Waals surface area contributed by atoms with Gasteiger partial charge in [-0.1, -0.05) is 24.2 Å². The zero-order valence-corrected chi connectivity index (χ0v) is 14.9. The second-order valence-electron chi connectivity index (χ2n) is 6.50. The lowest BCUT2D eigenvalue weighted by Crippen LogP contribution is -2.30. The molecule has 1 amide bonds. The Labute approximate surface area is 156 Å². The highest BCUT2D eigenvalue weighted by molar-refractivity contribution is 5.94. The van der Waals surface area contributed by atoms with Gasteiger partial charge in [0.2, 0.25) is 5.89 Å². The van der Waals surface area contributed by atoms with Crippen molar-refractivity contribution in [3.8, 4) is 11.3 Å². The van der Waals surface area contributed by atoms with Gasteiger partial charge in [0.1, 0.15) is 11.9 Å². The zero-order valence-electron chi connectivity index (χ0n) is 14.9. The fourth-order valence-electron chi connectivity index (χ4n) is 3.32. The van der Waals surface area contributed by atoms with Crippen molar-refractivity contribution in [3.05, 3.63) is 65.7 Å². The molecular formula is C20H19FN4O2. The number of carbonyl (C=O) groups is 1. The number of likely N-dealkylation sites (tertiary alicyclic amines) is 1. The highest BCUT2D eigenvalue weighted by atomic mass is 19.1. The molecule has 0 bridgehead atoms. The average molecular weight is 366 g/mol. The molecule has 0 saturated carbocycles. The molecule has 4 rings (SSSR count). The van der Waals surface area contributed by atoms with Crippen molar-refractivity contribution in [3.63, 3.8) is 0 Å². The Kier molecular flexibility index (Phi) is 4.66. The zero-order chi connectivity index (χ0) is 18.8. The third-order valence-corrected chi connectivity index (χ3v) is 4.73. The molecule has 0 spiro atoms. The minimum atomic E-state index is -0.319. The van der Waals surface area contributed by atoms with E-state index in [1.54, 1.807) is 29.2 Å². The van der Waals surface area contributed by atoms with Gasteiger partial charge in [0.15, 0.2) is 5.82 Å². The Bertz CT molecular complexity index is 955. The maximum absolute atomic E-state index is 13.4. The minimum absolute atomic E-state index is 0.118. The number of benzene rings is 1. The molecule has 27 heavy (non-hydrogen) atoms. The van der Waals surface area contributed by atoms with Crippen LogP contribution in [0.4, 0.5) is 4.39 Å². The Balaban J connectivity index is 1.55. The minimum Gasteiger partial charge on any atom is -0.337 e. The molecule has 1 atom stereocenters. The van der Waals surface area contributed by atoms with Gasteiger partial charge in [-0.15, -0.1) is 0 Å². The number of halogens is 1. The number of carbonyl (C=O) groups excluding carboxylic acids is 1. The third-order valence-electron chi connectivity index (χ3n) is 4.73. The standard InChI is InChI=1S/C20H19FN4O2/c1-2-18-23-19(27-24-18)17-7-4-10-25(17)20(26)14-8-9-16(22-12-14)13-5-3-6-15(21)11-13/h3,5-6,8-9,11-12,17H,2,4,7,10H2,1H3. The van der Waals surface area contributed by atoms with Crippen molar-refractivity contribution in [2.24, 2.45) is 0 Å². The lowest BCUT2D eigenvalue weighted by molar-refractivity contribution is 0.0709. The van der Waals surface area contributed by atoms with E-state index in [1.165, 1.54) is 18.3 Å². The maximum atomic E-state index is 13.4. The quantitative estimate of drug-likeness (QED) is 0.702. The van der Waals surface area contributed by atoms with Crippen molar-refractivity contribution in [1.29, 1.82) is 0 Å². The van der Waals surface area contributed by atoms with Crippen LogP contribution in [-0.4, -0.2) is 32.5 Å². The van der Waals surface area contributed by atoms with Crippen molar-refractivity contribution in [2.45, 2.75) is 32.2 Å². The number of nitrogens with zero attached hydrogens (tertiary/aromatic N) is 4. The molecule has 1 aromatic carbocycles. The van der Waals surface area contributed by atoms with Gasteiger partial charge in [0, 0.05) is 24.7 Å². The predicted molar refractivity (Wildman–Crippen MR) is 96.3 cm³/mol. The highest BCUT2D eigenvalue weighted by Gasteiger charge is 2.34. The van der Waals surface area contributed by atoms with Gasteiger partial charge in [-0.05, 0) is 37.1 Å². The van der Waals surface area contributed by atoms with Gasteiger partial charge < -0.3 is 9.42 Å². The molecule has 0 aliphatic carbocycles. The van der Waals surface area contributed by atoms with Crippen molar-refractivity contribution >= 4 is 5.91 Å². The van der Waals surface area contributed by atoms with E-state index in [0.717, 1.165) is 12.8 Å². The lowest BCUT2D eigenvalue weighted by Gasteiger charge is -2.21. The first-order chi connectivity index (χ1) is 13.2. The van der Waals surface area contributed by atoms with Crippen molar-refractivity contribution < 1.29 is 13.7 Å². The Morgan fingerprint density at radius 3 is 2.93 bits per heavy atom. The average Bonchev–Trinajstić information content (AvgIpc) is 3.36. The topological polar surface area (TPSA) is 72.1 Å². The summed E-state index contributed by atoms with van der Waals surface area (Å²) in [6.07, 6.45) is 3.90. The number of aromatic nitrogens is 3. The summed E-state index contributed by atoms with van der Waals surface area (Å²) in [5, 5.41) is 3.93. The lowest BCUT2D eigenvalue weighted by atomic mass is 10.1. The SMILES string of the molecule is CCc1noc(C2CCCN2C(=O)c2ccc(-c3cccc(F)c3)nc2)n1. The summed E-state index contributed by atoms with van der Waals surface area (Å²) in [6, 6.07) is 9.47.